The molecule has 2 amide bonds. The average molecular weight is 315 g/mol. The number of benzene rings is 1. The maximum atomic E-state index is 13.1. The lowest BCUT2D eigenvalue weighted by molar-refractivity contribution is -0.142. The van der Waals surface area contributed by atoms with Gasteiger partial charge in [0.1, 0.15) is 0 Å². The number of carbonyl (C=O) groups excluding carboxylic acids is 2. The molecule has 5 heteroatoms. The number of nitrogens with zero attached hydrogens (tertiary/aromatic N) is 2. The third kappa shape index (κ3) is 2.85. The highest BCUT2D eigenvalue weighted by atomic mass is 16.2. The van der Waals surface area contributed by atoms with E-state index in [1.54, 1.807) is 23.9 Å². The van der Waals surface area contributed by atoms with Gasteiger partial charge in [0.05, 0.1) is 12.0 Å². The van der Waals surface area contributed by atoms with Crippen molar-refractivity contribution in [1.82, 2.24) is 15.1 Å². The van der Waals surface area contributed by atoms with Gasteiger partial charge in [-0.05, 0) is 24.9 Å². The molecule has 2 saturated heterocycles. The van der Waals surface area contributed by atoms with E-state index in [1.165, 1.54) is 5.56 Å². The quantitative estimate of drug-likeness (QED) is 0.908. The van der Waals surface area contributed by atoms with Crippen LogP contribution in [-0.4, -0.2) is 61.9 Å². The van der Waals surface area contributed by atoms with Crippen molar-refractivity contribution in [3.05, 3.63) is 35.9 Å². The first-order valence-electron chi connectivity index (χ1n) is 8.30. The maximum absolute atomic E-state index is 13.1. The zero-order valence-electron chi connectivity index (χ0n) is 13.9. The number of amides is 2. The summed E-state index contributed by atoms with van der Waals surface area (Å²) in [6.45, 7) is 2.48. The zero-order valence-corrected chi connectivity index (χ0v) is 13.9. The Hall–Kier alpha value is -1.88. The first kappa shape index (κ1) is 16.0. The summed E-state index contributed by atoms with van der Waals surface area (Å²) in [4.78, 5) is 28.5. The lowest BCUT2D eigenvalue weighted by Gasteiger charge is -2.36. The van der Waals surface area contributed by atoms with Crippen LogP contribution >= 0.6 is 0 Å². The van der Waals surface area contributed by atoms with Crippen LogP contribution in [0.25, 0.3) is 0 Å². The van der Waals surface area contributed by atoms with Crippen LogP contribution in [0.3, 0.4) is 0 Å². The van der Waals surface area contributed by atoms with E-state index >= 15 is 0 Å². The second-order valence-electron chi connectivity index (χ2n) is 6.87. The van der Waals surface area contributed by atoms with Crippen LogP contribution in [0.5, 0.6) is 0 Å². The number of likely N-dealkylation sites (tertiary alicyclic amines) is 1. The SMILES string of the molecule is CN(C)C(=O)CN1CC(c2ccccc2)C2(CCCNC2)C1=O. The van der Waals surface area contributed by atoms with Crippen molar-refractivity contribution >= 4 is 11.8 Å². The Morgan fingerprint density at radius 1 is 1.35 bits per heavy atom. The van der Waals surface area contributed by atoms with Gasteiger partial charge < -0.3 is 15.1 Å². The zero-order chi connectivity index (χ0) is 16.4. The molecular formula is C18H25N3O2. The summed E-state index contributed by atoms with van der Waals surface area (Å²) >= 11 is 0. The number of likely N-dealkylation sites (N-methyl/N-ethyl adjacent to an activating group) is 1. The largest absolute Gasteiger partial charge is 0.347 e. The minimum Gasteiger partial charge on any atom is -0.347 e. The summed E-state index contributed by atoms with van der Waals surface area (Å²) in [6.07, 6.45) is 1.90. The second kappa shape index (κ2) is 6.32. The van der Waals surface area contributed by atoms with Crippen LogP contribution < -0.4 is 5.32 Å². The minimum atomic E-state index is -0.397. The Morgan fingerprint density at radius 2 is 2.09 bits per heavy atom. The van der Waals surface area contributed by atoms with E-state index in [2.05, 4.69) is 17.4 Å². The van der Waals surface area contributed by atoms with E-state index in [0.717, 1.165) is 19.4 Å². The molecule has 5 nitrogen and oxygen atoms in total. The van der Waals surface area contributed by atoms with Gasteiger partial charge in [-0.2, -0.15) is 0 Å². The van der Waals surface area contributed by atoms with Crippen LogP contribution in [-0.2, 0) is 9.59 Å². The number of carbonyl (C=O) groups is 2. The Labute approximate surface area is 137 Å². The molecular weight excluding hydrogens is 290 g/mol. The molecule has 2 aliphatic heterocycles. The first-order chi connectivity index (χ1) is 11.0. The van der Waals surface area contributed by atoms with Crippen LogP contribution in [0, 0.1) is 5.41 Å². The molecule has 1 spiro atoms. The van der Waals surface area contributed by atoms with Crippen LogP contribution in [0.2, 0.25) is 0 Å². The predicted octanol–water partition coefficient (Wildman–Crippen LogP) is 1.07. The molecule has 23 heavy (non-hydrogen) atoms. The van der Waals surface area contributed by atoms with E-state index in [9.17, 15) is 9.59 Å². The molecule has 0 radical (unpaired) electrons. The van der Waals surface area contributed by atoms with Crippen molar-refractivity contribution in [3.63, 3.8) is 0 Å². The van der Waals surface area contributed by atoms with E-state index in [4.69, 9.17) is 0 Å². The average Bonchev–Trinajstić information content (AvgIpc) is 2.82. The molecule has 1 aromatic rings. The molecule has 1 aromatic carbocycles. The fourth-order valence-corrected chi connectivity index (χ4v) is 3.90. The van der Waals surface area contributed by atoms with Crippen molar-refractivity contribution in [2.24, 2.45) is 5.41 Å². The summed E-state index contributed by atoms with van der Waals surface area (Å²) < 4.78 is 0. The Kier molecular flexibility index (Phi) is 4.39. The third-order valence-corrected chi connectivity index (χ3v) is 5.23. The van der Waals surface area contributed by atoms with E-state index in [-0.39, 0.29) is 24.3 Å². The minimum absolute atomic E-state index is 0.0222. The molecule has 0 bridgehead atoms. The van der Waals surface area contributed by atoms with Crippen LogP contribution in [0.15, 0.2) is 30.3 Å². The first-order valence-corrected chi connectivity index (χ1v) is 8.30. The molecule has 0 saturated carbocycles. The predicted molar refractivity (Wildman–Crippen MR) is 89.0 cm³/mol. The van der Waals surface area contributed by atoms with Crippen molar-refractivity contribution in [2.45, 2.75) is 18.8 Å². The van der Waals surface area contributed by atoms with Gasteiger partial charge in [-0.15, -0.1) is 0 Å². The van der Waals surface area contributed by atoms with Crippen molar-refractivity contribution < 1.29 is 9.59 Å². The van der Waals surface area contributed by atoms with Crippen LogP contribution in [0.4, 0.5) is 0 Å². The van der Waals surface area contributed by atoms with E-state index in [0.29, 0.717) is 13.1 Å². The van der Waals surface area contributed by atoms with Gasteiger partial charge in [-0.3, -0.25) is 9.59 Å². The number of hydrogen-bond donors (Lipinski definition) is 1. The van der Waals surface area contributed by atoms with Gasteiger partial charge in [0.25, 0.3) is 0 Å². The number of piperidine rings is 1. The van der Waals surface area contributed by atoms with Gasteiger partial charge in [0.15, 0.2) is 0 Å². The number of rotatable bonds is 3. The Morgan fingerprint density at radius 3 is 2.70 bits per heavy atom. The molecule has 2 atom stereocenters. The molecule has 124 valence electrons. The highest BCUT2D eigenvalue weighted by Gasteiger charge is 2.54. The summed E-state index contributed by atoms with van der Waals surface area (Å²) in [5, 5.41) is 3.40. The van der Waals surface area contributed by atoms with Crippen molar-refractivity contribution in [2.75, 3.05) is 40.3 Å². The molecule has 2 fully saturated rings. The monoisotopic (exact) mass is 315 g/mol. The molecule has 2 heterocycles. The fourth-order valence-electron chi connectivity index (χ4n) is 3.90. The Balaban J connectivity index is 1.90. The highest BCUT2D eigenvalue weighted by Crippen LogP contribution is 2.47. The van der Waals surface area contributed by atoms with Gasteiger partial charge in [0, 0.05) is 33.1 Å². The summed E-state index contributed by atoms with van der Waals surface area (Å²) in [5.74, 6) is 0.263. The molecule has 2 aliphatic rings. The smallest absolute Gasteiger partial charge is 0.241 e. The summed E-state index contributed by atoms with van der Waals surface area (Å²) in [7, 11) is 3.46. The lowest BCUT2D eigenvalue weighted by atomic mass is 9.69. The van der Waals surface area contributed by atoms with E-state index in [1.807, 2.05) is 18.2 Å². The second-order valence-corrected chi connectivity index (χ2v) is 6.87. The highest BCUT2D eigenvalue weighted by molar-refractivity contribution is 5.91. The maximum Gasteiger partial charge on any atom is 0.241 e. The summed E-state index contributed by atoms with van der Waals surface area (Å²) in [6, 6.07) is 10.3. The molecule has 1 N–H and O–H groups in total. The molecule has 2 unspecified atom stereocenters. The van der Waals surface area contributed by atoms with Crippen molar-refractivity contribution in [3.8, 4) is 0 Å². The van der Waals surface area contributed by atoms with Gasteiger partial charge >= 0.3 is 0 Å². The number of hydrogen-bond acceptors (Lipinski definition) is 3. The third-order valence-electron chi connectivity index (χ3n) is 5.23. The molecule has 3 rings (SSSR count). The van der Waals surface area contributed by atoms with E-state index < -0.39 is 5.41 Å². The number of nitrogens with one attached hydrogen (secondary N) is 1. The van der Waals surface area contributed by atoms with Crippen LogP contribution in [0.1, 0.15) is 24.3 Å². The van der Waals surface area contributed by atoms with Gasteiger partial charge in [-0.1, -0.05) is 30.3 Å². The normalized spacial score (nSPS) is 27.5. The molecule has 0 aromatic heterocycles. The lowest BCUT2D eigenvalue weighted by Crippen LogP contribution is -2.48. The Bertz CT molecular complexity index is 579. The fraction of sp³-hybridized carbons (Fsp3) is 0.556. The van der Waals surface area contributed by atoms with Gasteiger partial charge in [-0.25, -0.2) is 0 Å². The summed E-state index contributed by atoms with van der Waals surface area (Å²) in [5.41, 5.74) is 0.802. The standard InChI is InChI=1S/C18H25N3O2/c1-20(2)16(22)12-21-11-15(14-7-4-3-5-8-14)18(17(21)23)9-6-10-19-13-18/h3-5,7-8,15,19H,6,9-13H2,1-2H3. The molecule has 0 aliphatic carbocycles. The topological polar surface area (TPSA) is 52.7 Å². The van der Waals surface area contributed by atoms with Gasteiger partial charge in [0.2, 0.25) is 11.8 Å². The van der Waals surface area contributed by atoms with Crippen molar-refractivity contribution in [1.29, 1.82) is 0 Å².